The maximum absolute atomic E-state index is 8.72. The van der Waals surface area contributed by atoms with Crippen molar-refractivity contribution < 1.29 is 9.63 Å². The Morgan fingerprint density at radius 2 is 2.06 bits per heavy atom. The van der Waals surface area contributed by atoms with Gasteiger partial charge in [-0.15, -0.1) is 0 Å². The van der Waals surface area contributed by atoms with E-state index in [1.54, 1.807) is 0 Å². The summed E-state index contributed by atoms with van der Waals surface area (Å²) in [5, 5.41) is 15.7. The van der Waals surface area contributed by atoms with Crippen molar-refractivity contribution in [1.29, 1.82) is 0 Å². The Hall–Kier alpha value is -1.88. The molecular formula is C13H17N3O2. The zero-order chi connectivity index (χ0) is 12.8. The highest BCUT2D eigenvalue weighted by Crippen LogP contribution is 2.19. The van der Waals surface area contributed by atoms with Crippen molar-refractivity contribution in [2.45, 2.75) is 19.8 Å². The summed E-state index contributed by atoms with van der Waals surface area (Å²) in [4.78, 5) is 4.32. The lowest BCUT2D eigenvalue weighted by atomic mass is 10.2. The average Bonchev–Trinajstić information content (AvgIpc) is 2.86. The maximum atomic E-state index is 8.72. The standard InChI is InChI=1S/C13H17N3O2/c1-2-3-12-15-13(18-16-12)10-4-6-11(7-5-10)14-8-9-17/h4-7,14,17H,2-3,8-9H2,1H3. The topological polar surface area (TPSA) is 71.2 Å². The molecular weight excluding hydrogens is 230 g/mol. The summed E-state index contributed by atoms with van der Waals surface area (Å²) in [6, 6.07) is 7.69. The number of hydrogen-bond acceptors (Lipinski definition) is 5. The van der Waals surface area contributed by atoms with Gasteiger partial charge in [-0.05, 0) is 30.7 Å². The zero-order valence-electron chi connectivity index (χ0n) is 10.4. The van der Waals surface area contributed by atoms with Crippen LogP contribution in [0.4, 0.5) is 5.69 Å². The number of rotatable bonds is 6. The van der Waals surface area contributed by atoms with Crippen LogP contribution in [-0.4, -0.2) is 28.4 Å². The average molecular weight is 247 g/mol. The molecule has 0 unspecified atom stereocenters. The Balaban J connectivity index is 2.07. The first-order valence-corrected chi connectivity index (χ1v) is 6.11. The summed E-state index contributed by atoms with van der Waals surface area (Å²) in [6.45, 7) is 2.74. The highest BCUT2D eigenvalue weighted by molar-refractivity contribution is 5.58. The van der Waals surface area contributed by atoms with E-state index >= 15 is 0 Å². The second-order valence-electron chi connectivity index (χ2n) is 3.99. The van der Waals surface area contributed by atoms with Crippen LogP contribution in [0.1, 0.15) is 19.2 Å². The van der Waals surface area contributed by atoms with Crippen LogP contribution >= 0.6 is 0 Å². The monoisotopic (exact) mass is 247 g/mol. The van der Waals surface area contributed by atoms with E-state index in [1.807, 2.05) is 24.3 Å². The molecule has 0 bridgehead atoms. The molecule has 0 radical (unpaired) electrons. The molecule has 0 aliphatic heterocycles. The first-order valence-electron chi connectivity index (χ1n) is 6.11. The molecule has 96 valence electrons. The largest absolute Gasteiger partial charge is 0.395 e. The molecule has 0 aliphatic carbocycles. The third-order valence-electron chi connectivity index (χ3n) is 2.51. The molecule has 5 nitrogen and oxygen atoms in total. The Kier molecular flexibility index (Phi) is 4.30. The van der Waals surface area contributed by atoms with Gasteiger partial charge in [-0.3, -0.25) is 0 Å². The first kappa shape index (κ1) is 12.6. The van der Waals surface area contributed by atoms with Crippen LogP contribution in [0, 0.1) is 0 Å². The Morgan fingerprint density at radius 1 is 1.28 bits per heavy atom. The van der Waals surface area contributed by atoms with E-state index in [-0.39, 0.29) is 6.61 Å². The van der Waals surface area contributed by atoms with E-state index in [4.69, 9.17) is 9.63 Å². The van der Waals surface area contributed by atoms with Crippen molar-refractivity contribution >= 4 is 5.69 Å². The van der Waals surface area contributed by atoms with E-state index in [2.05, 4.69) is 22.4 Å². The number of nitrogens with one attached hydrogen (secondary N) is 1. The van der Waals surface area contributed by atoms with Crippen molar-refractivity contribution in [3.8, 4) is 11.5 Å². The molecule has 18 heavy (non-hydrogen) atoms. The summed E-state index contributed by atoms with van der Waals surface area (Å²) < 4.78 is 5.20. The van der Waals surface area contributed by atoms with E-state index in [0.717, 1.165) is 29.9 Å². The van der Waals surface area contributed by atoms with Gasteiger partial charge in [-0.1, -0.05) is 12.1 Å². The minimum absolute atomic E-state index is 0.117. The summed E-state index contributed by atoms with van der Waals surface area (Å²) in [5.41, 5.74) is 1.86. The second kappa shape index (κ2) is 6.16. The van der Waals surface area contributed by atoms with Gasteiger partial charge in [0.2, 0.25) is 0 Å². The quantitative estimate of drug-likeness (QED) is 0.817. The Bertz CT molecular complexity index is 479. The minimum atomic E-state index is 0.117. The number of benzene rings is 1. The molecule has 2 aromatic rings. The molecule has 2 rings (SSSR count). The number of aromatic nitrogens is 2. The third kappa shape index (κ3) is 3.07. The number of aliphatic hydroxyl groups excluding tert-OH is 1. The lowest BCUT2D eigenvalue weighted by molar-refractivity contribution is 0.311. The lowest BCUT2D eigenvalue weighted by Crippen LogP contribution is -2.04. The summed E-state index contributed by atoms with van der Waals surface area (Å²) in [5.74, 6) is 1.29. The van der Waals surface area contributed by atoms with Crippen molar-refractivity contribution in [2.24, 2.45) is 0 Å². The molecule has 2 N–H and O–H groups in total. The first-order chi connectivity index (χ1) is 8.83. The molecule has 1 heterocycles. The van der Waals surface area contributed by atoms with Gasteiger partial charge in [-0.25, -0.2) is 0 Å². The number of aliphatic hydroxyl groups is 1. The molecule has 0 saturated heterocycles. The fraction of sp³-hybridized carbons (Fsp3) is 0.385. The van der Waals surface area contributed by atoms with Gasteiger partial charge in [0.25, 0.3) is 5.89 Å². The maximum Gasteiger partial charge on any atom is 0.257 e. The van der Waals surface area contributed by atoms with Crippen LogP contribution in [0.5, 0.6) is 0 Å². The predicted molar refractivity (Wildman–Crippen MR) is 69.3 cm³/mol. The molecule has 0 saturated carbocycles. The molecule has 0 aliphatic rings. The summed E-state index contributed by atoms with van der Waals surface area (Å²) in [7, 11) is 0. The van der Waals surface area contributed by atoms with Crippen molar-refractivity contribution in [3.63, 3.8) is 0 Å². The SMILES string of the molecule is CCCc1noc(-c2ccc(NCCO)cc2)n1. The number of nitrogens with zero attached hydrogens (tertiary/aromatic N) is 2. The minimum Gasteiger partial charge on any atom is -0.395 e. The van der Waals surface area contributed by atoms with Gasteiger partial charge in [0, 0.05) is 24.2 Å². The van der Waals surface area contributed by atoms with Gasteiger partial charge in [0.15, 0.2) is 5.82 Å². The molecule has 0 amide bonds. The van der Waals surface area contributed by atoms with Gasteiger partial charge < -0.3 is 14.9 Å². The van der Waals surface area contributed by atoms with Crippen LogP contribution in [0.25, 0.3) is 11.5 Å². The van der Waals surface area contributed by atoms with Gasteiger partial charge in [0.05, 0.1) is 6.61 Å². The van der Waals surface area contributed by atoms with E-state index < -0.39 is 0 Å². The van der Waals surface area contributed by atoms with Crippen molar-refractivity contribution in [3.05, 3.63) is 30.1 Å². The fourth-order valence-electron chi connectivity index (χ4n) is 1.63. The predicted octanol–water partition coefficient (Wildman–Crippen LogP) is 2.09. The fourth-order valence-corrected chi connectivity index (χ4v) is 1.63. The summed E-state index contributed by atoms with van der Waals surface area (Å²) >= 11 is 0. The number of aryl methyl sites for hydroxylation is 1. The third-order valence-corrected chi connectivity index (χ3v) is 2.51. The highest BCUT2D eigenvalue weighted by Gasteiger charge is 2.07. The van der Waals surface area contributed by atoms with Gasteiger partial charge in [0.1, 0.15) is 0 Å². The smallest absolute Gasteiger partial charge is 0.257 e. The van der Waals surface area contributed by atoms with Crippen molar-refractivity contribution in [2.75, 3.05) is 18.5 Å². The van der Waals surface area contributed by atoms with Crippen LogP contribution in [0.3, 0.4) is 0 Å². The highest BCUT2D eigenvalue weighted by atomic mass is 16.5. The molecule has 0 fully saturated rings. The van der Waals surface area contributed by atoms with Crippen LogP contribution in [0.15, 0.2) is 28.8 Å². The lowest BCUT2D eigenvalue weighted by Gasteiger charge is -2.03. The Labute approximate surface area is 106 Å². The van der Waals surface area contributed by atoms with Gasteiger partial charge >= 0.3 is 0 Å². The second-order valence-corrected chi connectivity index (χ2v) is 3.99. The molecule has 5 heteroatoms. The van der Waals surface area contributed by atoms with Crippen LogP contribution in [-0.2, 0) is 6.42 Å². The van der Waals surface area contributed by atoms with Crippen LogP contribution < -0.4 is 5.32 Å². The molecule has 0 atom stereocenters. The molecule has 1 aromatic heterocycles. The van der Waals surface area contributed by atoms with E-state index in [1.165, 1.54) is 0 Å². The molecule has 0 spiro atoms. The summed E-state index contributed by atoms with van der Waals surface area (Å²) in [6.07, 6.45) is 1.84. The normalized spacial score (nSPS) is 10.6. The number of hydrogen-bond donors (Lipinski definition) is 2. The molecule has 1 aromatic carbocycles. The van der Waals surface area contributed by atoms with Gasteiger partial charge in [-0.2, -0.15) is 4.98 Å². The zero-order valence-corrected chi connectivity index (χ0v) is 10.4. The van der Waals surface area contributed by atoms with Crippen LogP contribution in [0.2, 0.25) is 0 Å². The van der Waals surface area contributed by atoms with Crippen molar-refractivity contribution in [1.82, 2.24) is 10.1 Å². The number of anilines is 1. The van der Waals surface area contributed by atoms with E-state index in [0.29, 0.717) is 12.4 Å². The van der Waals surface area contributed by atoms with E-state index in [9.17, 15) is 0 Å². The Morgan fingerprint density at radius 3 is 2.72 bits per heavy atom.